The minimum atomic E-state index is 0.339. The molecule has 1 unspecified atom stereocenters. The van der Waals surface area contributed by atoms with Gasteiger partial charge in [-0.2, -0.15) is 0 Å². The summed E-state index contributed by atoms with van der Waals surface area (Å²) in [7, 11) is 0. The van der Waals surface area contributed by atoms with E-state index in [-0.39, 0.29) is 0 Å². The van der Waals surface area contributed by atoms with Crippen LogP contribution in [0.5, 0.6) is 0 Å². The Morgan fingerprint density at radius 1 is 1.67 bits per heavy atom. The number of nitrogens with zero attached hydrogens (tertiary/aromatic N) is 2. The number of rotatable bonds is 2. The highest BCUT2D eigenvalue weighted by molar-refractivity contribution is 6.29. The minimum absolute atomic E-state index is 0.339. The predicted molar refractivity (Wildman–Crippen MR) is 61.5 cm³/mol. The third-order valence-electron chi connectivity index (χ3n) is 2.67. The van der Waals surface area contributed by atoms with Crippen molar-refractivity contribution in [3.63, 3.8) is 0 Å². The van der Waals surface area contributed by atoms with Crippen LogP contribution >= 0.6 is 11.6 Å². The average Bonchev–Trinajstić information content (AvgIpc) is 2.29. The standard InChI is InChI=1S/C11H15ClN2O/c1-2-10-8-14(5-6-15-10)9-3-4-13-11(12)7-9/h3-4,7,10H,2,5-6,8H2,1H3. The summed E-state index contributed by atoms with van der Waals surface area (Å²) < 4.78 is 5.62. The van der Waals surface area contributed by atoms with Crippen LogP contribution in [0.25, 0.3) is 0 Å². The van der Waals surface area contributed by atoms with E-state index in [2.05, 4.69) is 16.8 Å². The third-order valence-corrected chi connectivity index (χ3v) is 2.88. The number of halogens is 1. The molecule has 1 fully saturated rings. The Morgan fingerprint density at radius 3 is 3.27 bits per heavy atom. The fraction of sp³-hybridized carbons (Fsp3) is 0.545. The van der Waals surface area contributed by atoms with Crippen molar-refractivity contribution in [1.29, 1.82) is 0 Å². The summed E-state index contributed by atoms with van der Waals surface area (Å²) in [6, 6.07) is 3.89. The zero-order chi connectivity index (χ0) is 10.7. The van der Waals surface area contributed by atoms with Gasteiger partial charge in [0.25, 0.3) is 0 Å². The Hall–Kier alpha value is -0.800. The number of aromatic nitrogens is 1. The summed E-state index contributed by atoms with van der Waals surface area (Å²) in [5, 5.41) is 0.548. The molecular formula is C11H15ClN2O. The summed E-state index contributed by atoms with van der Waals surface area (Å²) in [5.74, 6) is 0. The van der Waals surface area contributed by atoms with E-state index < -0.39 is 0 Å². The molecule has 0 radical (unpaired) electrons. The second-order valence-corrected chi connectivity index (χ2v) is 4.07. The molecule has 2 rings (SSSR count). The van der Waals surface area contributed by atoms with Crippen molar-refractivity contribution in [2.75, 3.05) is 24.6 Å². The molecule has 1 atom stereocenters. The lowest BCUT2D eigenvalue weighted by atomic mass is 10.2. The molecule has 0 aromatic carbocycles. The molecule has 1 aliphatic heterocycles. The summed E-state index contributed by atoms with van der Waals surface area (Å²) in [4.78, 5) is 6.28. The lowest BCUT2D eigenvalue weighted by Gasteiger charge is -2.34. The van der Waals surface area contributed by atoms with Gasteiger partial charge in [-0.25, -0.2) is 4.98 Å². The van der Waals surface area contributed by atoms with Gasteiger partial charge in [0.1, 0.15) is 5.15 Å². The number of anilines is 1. The van der Waals surface area contributed by atoms with Crippen LogP contribution in [-0.4, -0.2) is 30.8 Å². The van der Waals surface area contributed by atoms with E-state index in [1.54, 1.807) is 6.20 Å². The normalized spacial score (nSPS) is 21.7. The van der Waals surface area contributed by atoms with Crippen molar-refractivity contribution in [3.05, 3.63) is 23.5 Å². The van der Waals surface area contributed by atoms with Crippen LogP contribution < -0.4 is 4.90 Å². The Bertz CT molecular complexity index is 332. The maximum Gasteiger partial charge on any atom is 0.131 e. The Balaban J connectivity index is 2.09. The van der Waals surface area contributed by atoms with Gasteiger partial charge in [-0.15, -0.1) is 0 Å². The summed E-state index contributed by atoms with van der Waals surface area (Å²) in [6.45, 7) is 4.81. The second kappa shape index (κ2) is 4.81. The Morgan fingerprint density at radius 2 is 2.53 bits per heavy atom. The number of ether oxygens (including phenoxy) is 1. The molecule has 15 heavy (non-hydrogen) atoms. The Kier molecular flexibility index (Phi) is 3.44. The van der Waals surface area contributed by atoms with Crippen LogP contribution in [0.15, 0.2) is 18.3 Å². The van der Waals surface area contributed by atoms with Gasteiger partial charge in [-0.3, -0.25) is 0 Å². The first-order valence-electron chi connectivity index (χ1n) is 5.27. The first-order chi connectivity index (χ1) is 7.29. The van der Waals surface area contributed by atoms with Crippen molar-refractivity contribution in [1.82, 2.24) is 4.98 Å². The number of morpholine rings is 1. The lowest BCUT2D eigenvalue weighted by molar-refractivity contribution is 0.0384. The topological polar surface area (TPSA) is 25.4 Å². The maximum atomic E-state index is 5.87. The molecule has 0 amide bonds. The third kappa shape index (κ3) is 2.61. The molecular weight excluding hydrogens is 212 g/mol. The van der Waals surface area contributed by atoms with E-state index in [0.29, 0.717) is 11.3 Å². The average molecular weight is 227 g/mol. The molecule has 1 aromatic rings. The van der Waals surface area contributed by atoms with Crippen LogP contribution in [0, 0.1) is 0 Å². The number of pyridine rings is 1. The fourth-order valence-electron chi connectivity index (χ4n) is 1.79. The highest BCUT2D eigenvalue weighted by atomic mass is 35.5. The van der Waals surface area contributed by atoms with Crippen LogP contribution in [0.1, 0.15) is 13.3 Å². The molecule has 1 aliphatic rings. The molecule has 0 bridgehead atoms. The van der Waals surface area contributed by atoms with Gasteiger partial charge in [-0.1, -0.05) is 18.5 Å². The first kappa shape index (κ1) is 10.7. The number of hydrogen-bond acceptors (Lipinski definition) is 3. The highest BCUT2D eigenvalue weighted by Crippen LogP contribution is 2.20. The monoisotopic (exact) mass is 226 g/mol. The van der Waals surface area contributed by atoms with Crippen molar-refractivity contribution < 1.29 is 4.74 Å². The molecule has 4 heteroatoms. The van der Waals surface area contributed by atoms with Gasteiger partial charge in [0, 0.05) is 25.0 Å². The van der Waals surface area contributed by atoms with Crippen molar-refractivity contribution in [3.8, 4) is 0 Å². The molecule has 0 spiro atoms. The molecule has 0 aliphatic carbocycles. The zero-order valence-electron chi connectivity index (χ0n) is 8.82. The fourth-order valence-corrected chi connectivity index (χ4v) is 1.96. The van der Waals surface area contributed by atoms with Crippen LogP contribution in [0.4, 0.5) is 5.69 Å². The lowest BCUT2D eigenvalue weighted by Crippen LogP contribution is -2.42. The van der Waals surface area contributed by atoms with Gasteiger partial charge < -0.3 is 9.64 Å². The molecule has 1 saturated heterocycles. The van der Waals surface area contributed by atoms with Crippen molar-refractivity contribution >= 4 is 17.3 Å². The SMILES string of the molecule is CCC1CN(c2ccnc(Cl)c2)CCO1. The summed E-state index contributed by atoms with van der Waals surface area (Å²) in [6.07, 6.45) is 3.13. The molecule has 1 aromatic heterocycles. The number of hydrogen-bond donors (Lipinski definition) is 0. The first-order valence-corrected chi connectivity index (χ1v) is 5.65. The molecule has 2 heterocycles. The van der Waals surface area contributed by atoms with Gasteiger partial charge in [0.05, 0.1) is 12.7 Å². The van der Waals surface area contributed by atoms with Gasteiger partial charge in [0.15, 0.2) is 0 Å². The molecule has 82 valence electrons. The van der Waals surface area contributed by atoms with Crippen LogP contribution in [-0.2, 0) is 4.74 Å². The second-order valence-electron chi connectivity index (χ2n) is 3.68. The van der Waals surface area contributed by atoms with Crippen molar-refractivity contribution in [2.45, 2.75) is 19.4 Å². The van der Waals surface area contributed by atoms with Gasteiger partial charge in [-0.05, 0) is 18.6 Å². The van der Waals surface area contributed by atoms with Gasteiger partial charge in [0.2, 0.25) is 0 Å². The van der Waals surface area contributed by atoms with E-state index in [1.165, 1.54) is 0 Å². The van der Waals surface area contributed by atoms with Crippen LogP contribution in [0.2, 0.25) is 5.15 Å². The maximum absolute atomic E-state index is 5.87. The molecule has 0 N–H and O–H groups in total. The highest BCUT2D eigenvalue weighted by Gasteiger charge is 2.19. The van der Waals surface area contributed by atoms with E-state index in [1.807, 2.05) is 12.1 Å². The quantitative estimate of drug-likeness (QED) is 0.724. The van der Waals surface area contributed by atoms with Gasteiger partial charge >= 0.3 is 0 Å². The van der Waals surface area contributed by atoms with E-state index in [0.717, 1.165) is 31.8 Å². The summed E-state index contributed by atoms with van der Waals surface area (Å²) >= 11 is 5.87. The van der Waals surface area contributed by atoms with Crippen molar-refractivity contribution in [2.24, 2.45) is 0 Å². The predicted octanol–water partition coefficient (Wildman–Crippen LogP) is 2.35. The summed E-state index contributed by atoms with van der Waals surface area (Å²) in [5.41, 5.74) is 1.14. The van der Waals surface area contributed by atoms with E-state index in [9.17, 15) is 0 Å². The Labute approximate surface area is 95.0 Å². The zero-order valence-corrected chi connectivity index (χ0v) is 9.57. The van der Waals surface area contributed by atoms with E-state index in [4.69, 9.17) is 16.3 Å². The van der Waals surface area contributed by atoms with E-state index >= 15 is 0 Å². The molecule has 0 saturated carbocycles. The minimum Gasteiger partial charge on any atom is -0.375 e. The molecule has 3 nitrogen and oxygen atoms in total. The van der Waals surface area contributed by atoms with Crippen LogP contribution in [0.3, 0.4) is 0 Å². The largest absolute Gasteiger partial charge is 0.375 e. The smallest absolute Gasteiger partial charge is 0.131 e.